The van der Waals surface area contributed by atoms with Crippen LogP contribution in [0.2, 0.25) is 5.02 Å². The normalized spacial score (nSPS) is 12.2. The zero-order valence-electron chi connectivity index (χ0n) is 25.1. The Kier molecular flexibility index (Phi) is 8.02. The monoisotopic (exact) mass is 602 g/mol. The number of hydrogen-bond acceptors (Lipinski definition) is 7. The van der Waals surface area contributed by atoms with Crippen molar-refractivity contribution in [2.45, 2.75) is 65.2 Å². The zero-order chi connectivity index (χ0) is 31.1. The Balaban J connectivity index is 1.38. The van der Waals surface area contributed by atoms with Crippen LogP contribution in [0, 0.1) is 0 Å². The molecule has 0 aliphatic heterocycles. The summed E-state index contributed by atoms with van der Waals surface area (Å²) in [5.74, 6) is 0.333. The summed E-state index contributed by atoms with van der Waals surface area (Å²) < 4.78 is 10.1. The smallest absolute Gasteiger partial charge is 0.435 e. The van der Waals surface area contributed by atoms with Gasteiger partial charge in [-0.2, -0.15) is 9.78 Å². The molecule has 0 fully saturated rings. The Labute approximate surface area is 254 Å². The molecule has 5 aromatic rings. The van der Waals surface area contributed by atoms with Gasteiger partial charge in [0.15, 0.2) is 5.82 Å². The van der Waals surface area contributed by atoms with Crippen LogP contribution < -0.4 is 5.56 Å². The van der Waals surface area contributed by atoms with Gasteiger partial charge >= 0.3 is 6.09 Å². The number of fused-ring (bicyclic) bond motifs is 1. The Morgan fingerprint density at radius 2 is 1.70 bits per heavy atom. The number of carbonyl (C=O) groups is 1. The van der Waals surface area contributed by atoms with E-state index in [1.165, 1.54) is 4.68 Å². The lowest BCUT2D eigenvalue weighted by molar-refractivity contribution is 0.0513. The third-order valence-electron chi connectivity index (χ3n) is 7.02. The Bertz CT molecular complexity index is 1860. The molecule has 0 atom stereocenters. The van der Waals surface area contributed by atoms with Crippen LogP contribution >= 0.6 is 11.6 Å². The molecule has 0 radical (unpaired) electrons. The number of aromatic nitrogens is 6. The van der Waals surface area contributed by atoms with E-state index >= 15 is 0 Å². The third-order valence-corrected chi connectivity index (χ3v) is 7.39. The Morgan fingerprint density at radius 1 is 0.977 bits per heavy atom. The first-order valence-electron chi connectivity index (χ1n) is 14.0. The van der Waals surface area contributed by atoms with Gasteiger partial charge in [-0.15, -0.1) is 0 Å². The average molecular weight is 603 g/mol. The van der Waals surface area contributed by atoms with Crippen molar-refractivity contribution in [3.05, 3.63) is 99.1 Å². The highest BCUT2D eigenvalue weighted by Gasteiger charge is 2.20. The largest absolute Gasteiger partial charge is 0.442 e. The van der Waals surface area contributed by atoms with E-state index in [1.54, 1.807) is 44.2 Å². The molecule has 0 aliphatic carbocycles. The molecule has 0 bridgehead atoms. The van der Waals surface area contributed by atoms with Crippen LogP contribution in [0.5, 0.6) is 0 Å². The van der Waals surface area contributed by atoms with Crippen molar-refractivity contribution >= 4 is 28.6 Å². The lowest BCUT2D eigenvalue weighted by Gasteiger charge is -2.18. The molecular formula is C32H35ClN6O4. The molecule has 5 rings (SSSR count). The highest BCUT2D eigenvalue weighted by atomic mass is 35.5. The summed E-state index contributed by atoms with van der Waals surface area (Å²) >= 11 is 6.64. The summed E-state index contributed by atoms with van der Waals surface area (Å²) in [5.41, 5.74) is 3.22. The van der Waals surface area contributed by atoms with Crippen LogP contribution in [-0.2, 0) is 36.8 Å². The quantitative estimate of drug-likeness (QED) is 0.262. The molecule has 0 unspecified atom stereocenters. The maximum Gasteiger partial charge on any atom is 0.435 e. The van der Waals surface area contributed by atoms with E-state index in [2.05, 4.69) is 15.1 Å². The molecule has 0 aliphatic rings. The number of halogens is 1. The highest BCUT2D eigenvalue weighted by Crippen LogP contribution is 2.26. The number of aryl methyl sites for hydroxylation is 2. The standard InChI is InChI=1S/C32H35ClN6O4/c1-31(2,3)43-30(41)38-14-13-24(36-38)10-7-20-8-12-26(33)22(15-20)19-39-27-16-21(9-11-25(27)28(40)37(39)6)23-17-34-29(35-18-23)32(4,5)42/h8-9,11-18,42H,7,10,19H2,1-6H3. The van der Waals surface area contributed by atoms with Crippen LogP contribution in [0.3, 0.4) is 0 Å². The number of hydrogen-bond donors (Lipinski definition) is 1. The second-order valence-corrected chi connectivity index (χ2v) is 12.5. The molecular weight excluding hydrogens is 568 g/mol. The van der Waals surface area contributed by atoms with Gasteiger partial charge in [0, 0.05) is 36.2 Å². The number of ether oxygens (including phenoxy) is 1. The molecule has 0 saturated heterocycles. The molecule has 10 nitrogen and oxygen atoms in total. The summed E-state index contributed by atoms with van der Waals surface area (Å²) in [7, 11) is 1.74. The van der Waals surface area contributed by atoms with E-state index < -0.39 is 17.3 Å². The van der Waals surface area contributed by atoms with E-state index in [4.69, 9.17) is 16.3 Å². The van der Waals surface area contributed by atoms with E-state index in [1.807, 2.05) is 67.9 Å². The molecule has 11 heteroatoms. The van der Waals surface area contributed by atoms with Crippen molar-refractivity contribution < 1.29 is 14.6 Å². The fraction of sp³-hybridized carbons (Fsp3) is 0.344. The maximum absolute atomic E-state index is 13.1. The van der Waals surface area contributed by atoms with Gasteiger partial charge in [0.25, 0.3) is 5.56 Å². The Hall–Kier alpha value is -4.28. The van der Waals surface area contributed by atoms with Gasteiger partial charge in [-0.05, 0) is 88.4 Å². The van der Waals surface area contributed by atoms with Gasteiger partial charge in [-0.1, -0.05) is 29.8 Å². The van der Waals surface area contributed by atoms with Crippen molar-refractivity contribution in [1.29, 1.82) is 0 Å². The van der Waals surface area contributed by atoms with Crippen LogP contribution in [-0.4, -0.2) is 45.9 Å². The van der Waals surface area contributed by atoms with Crippen LogP contribution in [0.15, 0.2) is 65.8 Å². The fourth-order valence-corrected chi connectivity index (χ4v) is 4.96. The van der Waals surface area contributed by atoms with E-state index in [0.29, 0.717) is 35.6 Å². The van der Waals surface area contributed by atoms with E-state index in [-0.39, 0.29) is 5.56 Å². The van der Waals surface area contributed by atoms with Crippen LogP contribution in [0.25, 0.3) is 22.0 Å². The SMILES string of the molecule is Cn1c(=O)c2ccc(-c3cnc(C(C)(C)O)nc3)cc2n1Cc1cc(CCc2ccn(C(=O)OC(C)(C)C)n2)ccc1Cl. The van der Waals surface area contributed by atoms with Crippen molar-refractivity contribution in [1.82, 2.24) is 29.1 Å². The van der Waals surface area contributed by atoms with Gasteiger partial charge in [0.2, 0.25) is 0 Å². The molecule has 3 aromatic heterocycles. The summed E-state index contributed by atoms with van der Waals surface area (Å²) in [6, 6.07) is 13.3. The van der Waals surface area contributed by atoms with Crippen molar-refractivity contribution in [2.75, 3.05) is 0 Å². The predicted molar refractivity (Wildman–Crippen MR) is 165 cm³/mol. The number of carbonyl (C=O) groups excluding carboxylic acids is 1. The van der Waals surface area contributed by atoms with Crippen molar-refractivity contribution in [3.63, 3.8) is 0 Å². The minimum Gasteiger partial charge on any atom is -0.442 e. The summed E-state index contributed by atoms with van der Waals surface area (Å²) in [6.45, 7) is 9.09. The summed E-state index contributed by atoms with van der Waals surface area (Å²) in [4.78, 5) is 34.0. The van der Waals surface area contributed by atoms with Gasteiger partial charge < -0.3 is 9.84 Å². The molecule has 3 heterocycles. The number of rotatable bonds is 7. The second-order valence-electron chi connectivity index (χ2n) is 12.1. The van der Waals surface area contributed by atoms with Crippen molar-refractivity contribution in [3.8, 4) is 11.1 Å². The minimum absolute atomic E-state index is 0.108. The first-order valence-corrected chi connectivity index (χ1v) is 14.4. The highest BCUT2D eigenvalue weighted by molar-refractivity contribution is 6.31. The minimum atomic E-state index is -1.14. The van der Waals surface area contributed by atoms with Crippen LogP contribution in [0.1, 0.15) is 57.3 Å². The zero-order valence-corrected chi connectivity index (χ0v) is 25.9. The number of nitrogens with zero attached hydrogens (tertiary/aromatic N) is 6. The molecule has 0 spiro atoms. The van der Waals surface area contributed by atoms with Gasteiger partial charge in [0.1, 0.15) is 11.2 Å². The lowest BCUT2D eigenvalue weighted by Crippen LogP contribution is -2.27. The predicted octanol–water partition coefficient (Wildman–Crippen LogP) is 5.49. The van der Waals surface area contributed by atoms with Gasteiger partial charge in [-0.3, -0.25) is 14.2 Å². The number of aliphatic hydroxyl groups is 1. The molecule has 0 saturated carbocycles. The van der Waals surface area contributed by atoms with E-state index in [9.17, 15) is 14.7 Å². The third kappa shape index (κ3) is 6.71. The van der Waals surface area contributed by atoms with Crippen LogP contribution in [0.4, 0.5) is 4.79 Å². The van der Waals surface area contributed by atoms with E-state index in [0.717, 1.165) is 33.5 Å². The Morgan fingerprint density at radius 3 is 2.37 bits per heavy atom. The molecule has 0 amide bonds. The molecule has 1 N–H and O–H groups in total. The molecule has 2 aromatic carbocycles. The number of benzene rings is 2. The summed E-state index contributed by atoms with van der Waals surface area (Å²) in [5, 5.41) is 15.7. The van der Waals surface area contributed by atoms with Gasteiger partial charge in [0.05, 0.1) is 23.1 Å². The fourth-order valence-electron chi connectivity index (χ4n) is 4.78. The summed E-state index contributed by atoms with van der Waals surface area (Å²) in [6.07, 6.45) is 5.74. The van der Waals surface area contributed by atoms with Gasteiger partial charge in [-0.25, -0.2) is 14.8 Å². The second kappa shape index (κ2) is 11.4. The first kappa shape index (κ1) is 30.2. The average Bonchev–Trinajstić information content (AvgIpc) is 3.51. The molecule has 224 valence electrons. The molecule has 43 heavy (non-hydrogen) atoms. The first-order chi connectivity index (χ1) is 20.2. The topological polar surface area (TPSA) is 117 Å². The maximum atomic E-state index is 13.1. The lowest BCUT2D eigenvalue weighted by atomic mass is 10.0. The van der Waals surface area contributed by atoms with Crippen molar-refractivity contribution in [2.24, 2.45) is 7.05 Å².